The molecule has 0 saturated carbocycles. The molecule has 0 unspecified atom stereocenters. The van der Waals surface area contributed by atoms with Crippen molar-refractivity contribution in [1.82, 2.24) is 10.2 Å². The number of rotatable bonds is 11. The second-order valence-electron chi connectivity index (χ2n) is 10.9. The van der Waals surface area contributed by atoms with Crippen LogP contribution in [0.3, 0.4) is 0 Å². The van der Waals surface area contributed by atoms with Gasteiger partial charge in [0.25, 0.3) is 0 Å². The summed E-state index contributed by atoms with van der Waals surface area (Å²) in [5.74, 6) is -0.938. The monoisotopic (exact) mass is 617 g/mol. The standard InChI is InChI=1S/C31H37Cl2N3O4S/c1-6-34-30(38)28(19-22-11-8-7-9-12-22)35(20-25-26(32)13-10-14-27(25)33)29(37)21-36(41(5,39)40)24-17-15-23(16-18-24)31(2,3)4/h7-18,28H,6,19-21H2,1-5H3,(H,34,38)/t28-/m1/s1. The van der Waals surface area contributed by atoms with Crippen molar-refractivity contribution in [2.24, 2.45) is 0 Å². The topological polar surface area (TPSA) is 86.8 Å². The third-order valence-corrected chi connectivity index (χ3v) is 8.56. The van der Waals surface area contributed by atoms with Crippen LogP contribution in [0.5, 0.6) is 0 Å². The molecule has 3 rings (SSSR count). The minimum Gasteiger partial charge on any atom is -0.355 e. The van der Waals surface area contributed by atoms with Crippen molar-refractivity contribution >= 4 is 50.7 Å². The van der Waals surface area contributed by atoms with Gasteiger partial charge in [0, 0.05) is 35.1 Å². The minimum atomic E-state index is -3.87. The zero-order valence-electron chi connectivity index (χ0n) is 24.0. The first-order valence-corrected chi connectivity index (χ1v) is 15.9. The van der Waals surface area contributed by atoms with E-state index in [0.717, 1.165) is 21.7 Å². The predicted octanol–water partition coefficient (Wildman–Crippen LogP) is 5.83. The first kappa shape index (κ1) is 32.4. The summed E-state index contributed by atoms with van der Waals surface area (Å²) in [6.07, 6.45) is 1.26. The highest BCUT2D eigenvalue weighted by Gasteiger charge is 2.33. The molecule has 2 amide bonds. The normalized spacial score (nSPS) is 12.5. The summed E-state index contributed by atoms with van der Waals surface area (Å²) in [5, 5.41) is 3.49. The van der Waals surface area contributed by atoms with Gasteiger partial charge in [0.05, 0.1) is 11.9 Å². The average Bonchev–Trinajstić information content (AvgIpc) is 2.90. The fraction of sp³-hybridized carbons (Fsp3) is 0.355. The molecule has 0 aliphatic rings. The van der Waals surface area contributed by atoms with E-state index in [2.05, 4.69) is 26.1 Å². The highest BCUT2D eigenvalue weighted by Crippen LogP contribution is 2.29. The summed E-state index contributed by atoms with van der Waals surface area (Å²) < 4.78 is 27.0. The van der Waals surface area contributed by atoms with Gasteiger partial charge in [0.1, 0.15) is 12.6 Å². The van der Waals surface area contributed by atoms with Gasteiger partial charge >= 0.3 is 0 Å². The lowest BCUT2D eigenvalue weighted by molar-refractivity contribution is -0.140. The smallest absolute Gasteiger partial charge is 0.244 e. The molecule has 0 heterocycles. The van der Waals surface area contributed by atoms with E-state index in [0.29, 0.717) is 27.8 Å². The van der Waals surface area contributed by atoms with Crippen molar-refractivity contribution in [3.8, 4) is 0 Å². The van der Waals surface area contributed by atoms with Crippen LogP contribution in [0.2, 0.25) is 10.0 Å². The van der Waals surface area contributed by atoms with Gasteiger partial charge in [0.15, 0.2) is 0 Å². The number of hydrogen-bond acceptors (Lipinski definition) is 4. The third-order valence-electron chi connectivity index (χ3n) is 6.71. The van der Waals surface area contributed by atoms with E-state index < -0.39 is 28.5 Å². The van der Waals surface area contributed by atoms with Gasteiger partial charge in [-0.15, -0.1) is 0 Å². The zero-order valence-corrected chi connectivity index (χ0v) is 26.4. The van der Waals surface area contributed by atoms with Crippen LogP contribution in [-0.2, 0) is 38.0 Å². The molecule has 1 atom stereocenters. The van der Waals surface area contributed by atoms with Crippen molar-refractivity contribution in [2.45, 2.75) is 52.1 Å². The fourth-order valence-corrected chi connectivity index (χ4v) is 5.81. The lowest BCUT2D eigenvalue weighted by Crippen LogP contribution is -2.53. The van der Waals surface area contributed by atoms with Crippen LogP contribution >= 0.6 is 23.2 Å². The summed E-state index contributed by atoms with van der Waals surface area (Å²) in [4.78, 5) is 28.9. The second-order valence-corrected chi connectivity index (χ2v) is 13.6. The number of likely N-dealkylation sites (N-methyl/N-ethyl adjacent to an activating group) is 1. The Labute approximate surface area is 253 Å². The Morgan fingerprint density at radius 3 is 2.00 bits per heavy atom. The fourth-order valence-electron chi connectivity index (χ4n) is 4.44. The maximum absolute atomic E-state index is 14.1. The molecule has 10 heteroatoms. The highest BCUT2D eigenvalue weighted by molar-refractivity contribution is 7.92. The lowest BCUT2D eigenvalue weighted by atomic mass is 9.87. The van der Waals surface area contributed by atoms with Crippen LogP contribution in [0.1, 0.15) is 44.4 Å². The highest BCUT2D eigenvalue weighted by atomic mass is 35.5. The molecule has 220 valence electrons. The number of hydrogen-bond donors (Lipinski definition) is 1. The first-order chi connectivity index (χ1) is 19.2. The van der Waals surface area contributed by atoms with E-state index in [-0.39, 0.29) is 24.3 Å². The molecule has 0 aliphatic heterocycles. The Morgan fingerprint density at radius 2 is 1.49 bits per heavy atom. The van der Waals surface area contributed by atoms with Gasteiger partial charge in [-0.05, 0) is 47.7 Å². The third kappa shape index (κ3) is 8.71. The van der Waals surface area contributed by atoms with Crippen molar-refractivity contribution < 1.29 is 18.0 Å². The van der Waals surface area contributed by atoms with Gasteiger partial charge in [-0.2, -0.15) is 0 Å². The number of amides is 2. The van der Waals surface area contributed by atoms with Crippen molar-refractivity contribution in [1.29, 1.82) is 0 Å². The lowest BCUT2D eigenvalue weighted by Gasteiger charge is -2.34. The average molecular weight is 619 g/mol. The molecule has 0 bridgehead atoms. The number of nitrogens with zero attached hydrogens (tertiary/aromatic N) is 2. The number of anilines is 1. The van der Waals surface area contributed by atoms with Crippen LogP contribution < -0.4 is 9.62 Å². The van der Waals surface area contributed by atoms with Crippen molar-refractivity contribution in [3.63, 3.8) is 0 Å². The Bertz CT molecular complexity index is 1440. The Morgan fingerprint density at radius 1 is 0.902 bits per heavy atom. The summed E-state index contributed by atoms with van der Waals surface area (Å²) in [6.45, 7) is 7.73. The molecule has 0 radical (unpaired) electrons. The van der Waals surface area contributed by atoms with Crippen molar-refractivity contribution in [2.75, 3.05) is 23.7 Å². The molecular weight excluding hydrogens is 581 g/mol. The van der Waals surface area contributed by atoms with Gasteiger partial charge in [0.2, 0.25) is 21.8 Å². The molecule has 3 aromatic rings. The Kier molecular flexibility index (Phi) is 10.9. The van der Waals surface area contributed by atoms with Crippen LogP contribution in [0.25, 0.3) is 0 Å². The first-order valence-electron chi connectivity index (χ1n) is 13.3. The zero-order chi connectivity index (χ0) is 30.4. The maximum atomic E-state index is 14.1. The molecule has 0 aromatic heterocycles. The van der Waals surface area contributed by atoms with Gasteiger partial charge < -0.3 is 10.2 Å². The number of sulfonamides is 1. The quantitative estimate of drug-likeness (QED) is 0.293. The van der Waals surface area contributed by atoms with Crippen LogP contribution in [0.4, 0.5) is 5.69 Å². The number of carbonyl (C=O) groups is 2. The SMILES string of the molecule is CCNC(=O)[C@@H](Cc1ccccc1)N(Cc1c(Cl)cccc1Cl)C(=O)CN(c1ccc(C(C)(C)C)cc1)S(C)(=O)=O. The number of benzene rings is 3. The summed E-state index contributed by atoms with van der Waals surface area (Å²) in [5.41, 5.74) is 2.54. The van der Waals surface area contributed by atoms with Crippen molar-refractivity contribution in [3.05, 3.63) is 99.5 Å². The molecule has 41 heavy (non-hydrogen) atoms. The summed E-state index contributed by atoms with van der Waals surface area (Å²) in [6, 6.07) is 20.5. The number of halogens is 2. The van der Waals surface area contributed by atoms with Gasteiger partial charge in [-0.25, -0.2) is 8.42 Å². The molecule has 3 aromatic carbocycles. The molecule has 0 spiro atoms. The molecule has 0 aliphatic carbocycles. The van der Waals surface area contributed by atoms with E-state index in [4.69, 9.17) is 23.2 Å². The number of nitrogens with one attached hydrogen (secondary N) is 1. The van der Waals surface area contributed by atoms with Crippen LogP contribution in [0, 0.1) is 0 Å². The molecular formula is C31H37Cl2N3O4S. The second kappa shape index (κ2) is 13.7. The van der Waals surface area contributed by atoms with E-state index >= 15 is 0 Å². The van der Waals surface area contributed by atoms with E-state index in [1.165, 1.54) is 4.90 Å². The summed E-state index contributed by atoms with van der Waals surface area (Å²) >= 11 is 13.0. The molecule has 0 saturated heterocycles. The van der Waals surface area contributed by atoms with Crippen LogP contribution in [-0.4, -0.2) is 50.5 Å². The van der Waals surface area contributed by atoms with Gasteiger partial charge in [-0.1, -0.05) is 92.5 Å². The molecule has 7 nitrogen and oxygen atoms in total. The Balaban J connectivity index is 2.08. The number of carbonyl (C=O) groups excluding carboxylic acids is 2. The largest absolute Gasteiger partial charge is 0.355 e. The molecule has 1 N–H and O–H groups in total. The minimum absolute atomic E-state index is 0.0907. The Hall–Kier alpha value is -3.07. The predicted molar refractivity (Wildman–Crippen MR) is 167 cm³/mol. The van der Waals surface area contributed by atoms with Gasteiger partial charge in [-0.3, -0.25) is 13.9 Å². The summed E-state index contributed by atoms with van der Waals surface area (Å²) in [7, 11) is -3.87. The maximum Gasteiger partial charge on any atom is 0.244 e. The van der Waals surface area contributed by atoms with Crippen LogP contribution in [0.15, 0.2) is 72.8 Å². The van der Waals surface area contributed by atoms with E-state index in [9.17, 15) is 18.0 Å². The van der Waals surface area contributed by atoms with E-state index in [1.807, 2.05) is 42.5 Å². The van der Waals surface area contributed by atoms with E-state index in [1.54, 1.807) is 37.3 Å². The molecule has 0 fully saturated rings.